The van der Waals surface area contributed by atoms with E-state index in [0.29, 0.717) is 12.0 Å². The number of nitrogens with one attached hydrogen (secondary N) is 2. The van der Waals surface area contributed by atoms with E-state index in [-0.39, 0.29) is 11.2 Å². The Morgan fingerprint density at radius 3 is 2.17 bits per heavy atom. The minimum Gasteiger partial charge on any atom is -0.444 e. The molecule has 0 radical (unpaired) electrons. The van der Waals surface area contributed by atoms with Crippen molar-refractivity contribution in [2.45, 2.75) is 58.4 Å². The zero-order chi connectivity index (χ0) is 18.8. The number of amides is 1. The zero-order valence-electron chi connectivity index (χ0n) is 14.9. The summed E-state index contributed by atoms with van der Waals surface area (Å²) in [5.74, 6) is 0. The number of carbonyl (C=O) groups excluding carboxylic acids is 1. The van der Waals surface area contributed by atoms with Crippen molar-refractivity contribution in [3.8, 4) is 0 Å². The molecule has 0 heterocycles. The minimum absolute atomic E-state index is 0.0994. The molecule has 4 nitrogen and oxygen atoms in total. The lowest BCUT2D eigenvalue weighted by Crippen LogP contribution is -2.38. The lowest BCUT2D eigenvalue weighted by molar-refractivity contribution is -0.137. The fraction of sp³-hybridized carbons (Fsp3) is 0.588. The van der Waals surface area contributed by atoms with E-state index in [0.717, 1.165) is 12.1 Å². The molecular weight excluding hydrogens is 321 g/mol. The van der Waals surface area contributed by atoms with Crippen LogP contribution in [0.3, 0.4) is 0 Å². The van der Waals surface area contributed by atoms with Crippen LogP contribution in [0.15, 0.2) is 18.2 Å². The predicted molar refractivity (Wildman–Crippen MR) is 88.1 cm³/mol. The van der Waals surface area contributed by atoms with Gasteiger partial charge in [-0.05, 0) is 65.8 Å². The highest BCUT2D eigenvalue weighted by Gasteiger charge is 2.32. The largest absolute Gasteiger partial charge is 0.444 e. The fourth-order valence-electron chi connectivity index (χ4n) is 2.00. The molecule has 0 unspecified atom stereocenters. The maximum atomic E-state index is 13.0. The van der Waals surface area contributed by atoms with Gasteiger partial charge in [-0.1, -0.05) is 6.07 Å². The van der Waals surface area contributed by atoms with Gasteiger partial charge in [0.05, 0.1) is 5.56 Å². The molecule has 24 heavy (non-hydrogen) atoms. The Hall–Kier alpha value is -1.76. The molecule has 0 aliphatic rings. The van der Waals surface area contributed by atoms with Gasteiger partial charge in [-0.25, -0.2) is 4.79 Å². The lowest BCUT2D eigenvalue weighted by Gasteiger charge is -2.26. The van der Waals surface area contributed by atoms with E-state index in [1.165, 1.54) is 6.07 Å². The molecule has 0 saturated carbocycles. The molecule has 2 N–H and O–H groups in total. The standard InChI is InChI=1S/C17H25F3N2O2/c1-15(2,3)24-14(23)22-13-9-12(17(18,19)20)8-7-11(13)10-16(4,5)21-6/h7-9,21H,10H2,1-6H3,(H,22,23). The van der Waals surface area contributed by atoms with E-state index in [9.17, 15) is 18.0 Å². The van der Waals surface area contributed by atoms with E-state index < -0.39 is 23.4 Å². The number of benzene rings is 1. The number of carbonyl (C=O) groups is 1. The van der Waals surface area contributed by atoms with E-state index in [4.69, 9.17) is 4.74 Å². The molecule has 0 aromatic heterocycles. The summed E-state index contributed by atoms with van der Waals surface area (Å²) >= 11 is 0. The van der Waals surface area contributed by atoms with Gasteiger partial charge >= 0.3 is 12.3 Å². The third-order valence-corrected chi connectivity index (χ3v) is 3.38. The van der Waals surface area contributed by atoms with Crippen LogP contribution in [-0.4, -0.2) is 24.3 Å². The van der Waals surface area contributed by atoms with Gasteiger partial charge < -0.3 is 10.1 Å². The first kappa shape index (κ1) is 20.3. The number of likely N-dealkylation sites (N-methyl/N-ethyl adjacent to an activating group) is 1. The SMILES string of the molecule is CNC(C)(C)Cc1ccc(C(F)(F)F)cc1NC(=O)OC(C)(C)C. The second-order valence-corrected chi connectivity index (χ2v) is 7.31. The second kappa shape index (κ2) is 7.01. The van der Waals surface area contributed by atoms with Crippen molar-refractivity contribution in [2.75, 3.05) is 12.4 Å². The predicted octanol–water partition coefficient (Wildman–Crippen LogP) is 4.59. The number of alkyl halides is 3. The lowest BCUT2D eigenvalue weighted by atomic mass is 9.93. The van der Waals surface area contributed by atoms with E-state index in [2.05, 4.69) is 10.6 Å². The Balaban J connectivity index is 3.17. The topological polar surface area (TPSA) is 50.4 Å². The van der Waals surface area contributed by atoms with Gasteiger partial charge in [-0.2, -0.15) is 13.2 Å². The van der Waals surface area contributed by atoms with Crippen molar-refractivity contribution in [1.29, 1.82) is 0 Å². The maximum Gasteiger partial charge on any atom is 0.416 e. The van der Waals surface area contributed by atoms with Crippen LogP contribution in [0.5, 0.6) is 0 Å². The zero-order valence-corrected chi connectivity index (χ0v) is 14.9. The first-order valence-electron chi connectivity index (χ1n) is 7.62. The summed E-state index contributed by atoms with van der Waals surface area (Å²) in [7, 11) is 1.77. The summed E-state index contributed by atoms with van der Waals surface area (Å²) in [5.41, 5.74) is -1.21. The highest BCUT2D eigenvalue weighted by atomic mass is 19.4. The van der Waals surface area contributed by atoms with Gasteiger partial charge in [0.15, 0.2) is 0 Å². The molecule has 136 valence electrons. The molecule has 0 atom stereocenters. The minimum atomic E-state index is -4.48. The molecule has 1 rings (SSSR count). The molecule has 0 aliphatic carbocycles. The van der Waals surface area contributed by atoms with Crippen molar-refractivity contribution in [3.63, 3.8) is 0 Å². The third kappa shape index (κ3) is 6.39. The highest BCUT2D eigenvalue weighted by Crippen LogP contribution is 2.33. The molecule has 0 bridgehead atoms. The summed E-state index contributed by atoms with van der Waals surface area (Å²) in [6.07, 6.45) is -4.83. The Bertz CT molecular complexity index is 590. The van der Waals surface area contributed by atoms with Crippen molar-refractivity contribution in [1.82, 2.24) is 5.32 Å². The van der Waals surface area contributed by atoms with Gasteiger partial charge in [-0.15, -0.1) is 0 Å². The number of anilines is 1. The molecule has 0 spiro atoms. The smallest absolute Gasteiger partial charge is 0.416 e. The van der Waals surface area contributed by atoms with Crippen LogP contribution in [0, 0.1) is 0 Å². The molecule has 0 aliphatic heterocycles. The monoisotopic (exact) mass is 346 g/mol. The van der Waals surface area contributed by atoms with Crippen LogP contribution < -0.4 is 10.6 Å². The normalized spacial score (nSPS) is 12.9. The van der Waals surface area contributed by atoms with Gasteiger partial charge in [-0.3, -0.25) is 5.32 Å². The van der Waals surface area contributed by atoms with Gasteiger partial charge in [0.25, 0.3) is 0 Å². The van der Waals surface area contributed by atoms with Crippen molar-refractivity contribution < 1.29 is 22.7 Å². The second-order valence-electron chi connectivity index (χ2n) is 7.31. The Kier molecular flexibility index (Phi) is 5.92. The van der Waals surface area contributed by atoms with Crippen molar-refractivity contribution in [3.05, 3.63) is 29.3 Å². The Labute approximate surface area is 140 Å². The first-order valence-corrected chi connectivity index (χ1v) is 7.62. The average Bonchev–Trinajstić information content (AvgIpc) is 2.37. The van der Waals surface area contributed by atoms with Crippen LogP contribution in [-0.2, 0) is 17.3 Å². The molecule has 1 aromatic carbocycles. The molecule has 0 fully saturated rings. The Morgan fingerprint density at radius 2 is 1.71 bits per heavy atom. The van der Waals surface area contributed by atoms with Gasteiger partial charge in [0.1, 0.15) is 5.60 Å². The Morgan fingerprint density at radius 1 is 1.12 bits per heavy atom. The molecule has 7 heteroatoms. The molecule has 0 saturated heterocycles. The van der Waals surface area contributed by atoms with Gasteiger partial charge in [0.2, 0.25) is 0 Å². The average molecular weight is 346 g/mol. The number of ether oxygens (including phenoxy) is 1. The van der Waals surface area contributed by atoms with Crippen LogP contribution in [0.1, 0.15) is 45.7 Å². The van der Waals surface area contributed by atoms with Gasteiger partial charge in [0, 0.05) is 11.2 Å². The fourth-order valence-corrected chi connectivity index (χ4v) is 2.00. The first-order chi connectivity index (χ1) is 10.7. The molecule has 1 aromatic rings. The van der Waals surface area contributed by atoms with E-state index in [1.54, 1.807) is 27.8 Å². The van der Waals surface area contributed by atoms with E-state index >= 15 is 0 Å². The number of rotatable bonds is 4. The van der Waals surface area contributed by atoms with Crippen LogP contribution >= 0.6 is 0 Å². The number of hydrogen-bond acceptors (Lipinski definition) is 3. The van der Waals surface area contributed by atoms with E-state index in [1.807, 2.05) is 13.8 Å². The summed E-state index contributed by atoms with van der Waals surface area (Å²) < 4.78 is 44.0. The molecular formula is C17H25F3N2O2. The number of halogens is 3. The van der Waals surface area contributed by atoms with Crippen molar-refractivity contribution in [2.24, 2.45) is 0 Å². The summed E-state index contributed by atoms with van der Waals surface area (Å²) in [6, 6.07) is 3.33. The van der Waals surface area contributed by atoms with Crippen LogP contribution in [0.25, 0.3) is 0 Å². The summed E-state index contributed by atoms with van der Waals surface area (Å²) in [4.78, 5) is 11.9. The van der Waals surface area contributed by atoms with Crippen molar-refractivity contribution >= 4 is 11.8 Å². The summed E-state index contributed by atoms with van der Waals surface area (Å²) in [5, 5.41) is 5.52. The third-order valence-electron chi connectivity index (χ3n) is 3.38. The summed E-state index contributed by atoms with van der Waals surface area (Å²) in [6.45, 7) is 8.89. The maximum absolute atomic E-state index is 13.0. The quantitative estimate of drug-likeness (QED) is 0.838. The number of hydrogen-bond donors (Lipinski definition) is 2. The highest BCUT2D eigenvalue weighted by molar-refractivity contribution is 5.86. The van der Waals surface area contributed by atoms with Crippen LogP contribution in [0.4, 0.5) is 23.7 Å². The van der Waals surface area contributed by atoms with Crippen LogP contribution in [0.2, 0.25) is 0 Å². The molecule has 1 amide bonds.